The van der Waals surface area contributed by atoms with Crippen LogP contribution in [0.4, 0.5) is 11.4 Å². The van der Waals surface area contributed by atoms with Crippen molar-refractivity contribution < 1.29 is 40.6 Å². The Morgan fingerprint density at radius 1 is 0.589 bits per heavy atom. The number of Topliss-reactive ketones (excluding diaryl/α,β-unsaturated/α-hetero) is 1. The average molecular weight is 1050 g/mol. The summed E-state index contributed by atoms with van der Waals surface area (Å²) in [5, 5.41) is 0. The van der Waals surface area contributed by atoms with Crippen molar-refractivity contribution >= 4 is 43.7 Å². The number of carbonyl (C=O) groups is 2. The van der Waals surface area contributed by atoms with Crippen LogP contribution in [0, 0.1) is 55.4 Å². The molecule has 73 heavy (non-hydrogen) atoms. The van der Waals surface area contributed by atoms with Crippen LogP contribution in [0.25, 0.3) is 0 Å². The SMILES string of the molecule is COc1cc(C)c(S(=O)(=O)N(C)CCC(=O)CCCN2CCN(c3cc(C)nc(C)c3)CC2)c(C)c1.COc1cc(C)c(S(=O)(=O)N(C)CCOC=O)c(C)c1.Cc1cc(N2CCN(CCN)CC2)cc(C)n1. The van der Waals surface area contributed by atoms with Crippen molar-refractivity contribution in [2.24, 2.45) is 5.73 Å². The van der Waals surface area contributed by atoms with Crippen LogP contribution in [0.5, 0.6) is 11.5 Å². The molecule has 0 unspecified atom stereocenters. The van der Waals surface area contributed by atoms with Crippen LogP contribution in [0.15, 0.2) is 58.3 Å². The average Bonchev–Trinajstić information content (AvgIpc) is 3.33. The number of methoxy groups -OCH3 is 2. The minimum Gasteiger partial charge on any atom is -0.497 e. The summed E-state index contributed by atoms with van der Waals surface area (Å²) in [5.74, 6) is 1.35. The Balaban J connectivity index is 0.000000262. The summed E-state index contributed by atoms with van der Waals surface area (Å²) in [4.78, 5) is 41.7. The molecule has 0 aliphatic carbocycles. The van der Waals surface area contributed by atoms with Gasteiger partial charge in [-0.05, 0) is 139 Å². The predicted molar refractivity (Wildman–Crippen MR) is 289 cm³/mol. The number of nitrogens with zero attached hydrogens (tertiary/aromatic N) is 8. The van der Waals surface area contributed by atoms with Gasteiger partial charge in [0.2, 0.25) is 20.0 Å². The molecular formula is C53H81N9O9S2. The zero-order valence-electron chi connectivity index (χ0n) is 45.4. The summed E-state index contributed by atoms with van der Waals surface area (Å²) < 4.78 is 68.6. The van der Waals surface area contributed by atoms with E-state index in [1.807, 2.05) is 13.8 Å². The highest BCUT2D eigenvalue weighted by Gasteiger charge is 2.27. The number of ketones is 1. The maximum Gasteiger partial charge on any atom is 0.293 e. The number of hydrogen-bond acceptors (Lipinski definition) is 16. The number of piperazine rings is 2. The molecule has 2 fully saturated rings. The van der Waals surface area contributed by atoms with Gasteiger partial charge in [-0.25, -0.2) is 21.1 Å². The highest BCUT2D eigenvalue weighted by molar-refractivity contribution is 7.89. The third kappa shape index (κ3) is 17.7. The number of likely N-dealkylation sites (N-methyl/N-ethyl adjacent to an activating group) is 1. The number of hydrogen-bond donors (Lipinski definition) is 1. The molecule has 0 bridgehead atoms. The number of sulfonamides is 2. The fourth-order valence-corrected chi connectivity index (χ4v) is 12.3. The minimum atomic E-state index is -3.68. The van der Waals surface area contributed by atoms with E-state index < -0.39 is 20.0 Å². The zero-order chi connectivity index (χ0) is 54.0. The normalized spacial score (nSPS) is 14.6. The van der Waals surface area contributed by atoms with E-state index in [0.29, 0.717) is 46.6 Å². The van der Waals surface area contributed by atoms with E-state index in [4.69, 9.17) is 15.2 Å². The Kier molecular flexibility index (Phi) is 23.5. The molecule has 2 aromatic heterocycles. The molecule has 6 rings (SSSR count). The number of aromatic nitrogens is 2. The van der Waals surface area contributed by atoms with Crippen molar-refractivity contribution in [1.82, 2.24) is 28.4 Å². The van der Waals surface area contributed by atoms with Crippen molar-refractivity contribution in [3.63, 3.8) is 0 Å². The first-order valence-corrected chi connectivity index (χ1v) is 27.8. The van der Waals surface area contributed by atoms with Gasteiger partial charge in [-0.2, -0.15) is 4.31 Å². The third-order valence-electron chi connectivity index (χ3n) is 13.0. The van der Waals surface area contributed by atoms with Crippen molar-refractivity contribution in [1.29, 1.82) is 0 Å². The summed E-state index contributed by atoms with van der Waals surface area (Å²) in [5.41, 5.74) is 14.9. The van der Waals surface area contributed by atoms with Crippen LogP contribution >= 0.6 is 0 Å². The zero-order valence-corrected chi connectivity index (χ0v) is 47.0. The summed E-state index contributed by atoms with van der Waals surface area (Å²) in [6.45, 7) is 26.6. The molecule has 4 aromatic rings. The Hall–Kier alpha value is -5.22. The van der Waals surface area contributed by atoms with Crippen molar-refractivity contribution in [3.8, 4) is 11.5 Å². The van der Waals surface area contributed by atoms with Gasteiger partial charge in [-0.15, -0.1) is 0 Å². The summed E-state index contributed by atoms with van der Waals surface area (Å²) in [7, 11) is -1.22. The molecule has 2 saturated heterocycles. The van der Waals surface area contributed by atoms with Gasteiger partial charge in [0.15, 0.2) is 0 Å². The lowest BCUT2D eigenvalue weighted by Gasteiger charge is -2.36. The second-order valence-electron chi connectivity index (χ2n) is 18.9. The lowest BCUT2D eigenvalue weighted by Crippen LogP contribution is -2.47. The van der Waals surface area contributed by atoms with E-state index in [9.17, 15) is 26.4 Å². The fourth-order valence-electron chi connectivity index (χ4n) is 9.19. The number of ether oxygens (including phenoxy) is 3. The van der Waals surface area contributed by atoms with Crippen molar-refractivity contribution in [3.05, 3.63) is 93.6 Å². The number of benzene rings is 2. The first-order valence-electron chi connectivity index (χ1n) is 24.9. The molecule has 0 saturated carbocycles. The van der Waals surface area contributed by atoms with Crippen LogP contribution in [0.3, 0.4) is 0 Å². The van der Waals surface area contributed by atoms with Crippen LogP contribution in [0.2, 0.25) is 0 Å². The molecule has 0 spiro atoms. The second kappa shape index (κ2) is 28.5. The molecule has 20 heteroatoms. The van der Waals surface area contributed by atoms with Crippen molar-refractivity contribution in [2.75, 3.05) is 130 Å². The second-order valence-corrected chi connectivity index (χ2v) is 22.8. The first-order chi connectivity index (χ1) is 34.5. The van der Waals surface area contributed by atoms with Gasteiger partial charge in [-0.3, -0.25) is 29.4 Å². The molecule has 2 aliphatic heterocycles. The van der Waals surface area contributed by atoms with E-state index in [0.717, 1.165) is 105 Å². The number of aryl methyl sites for hydroxylation is 8. The van der Waals surface area contributed by atoms with E-state index >= 15 is 0 Å². The summed E-state index contributed by atoms with van der Waals surface area (Å²) >= 11 is 0. The Labute approximate surface area is 435 Å². The van der Waals surface area contributed by atoms with Gasteiger partial charge in [-0.1, -0.05) is 0 Å². The molecular weight excluding hydrogens is 971 g/mol. The molecule has 0 atom stereocenters. The molecule has 2 aromatic carbocycles. The van der Waals surface area contributed by atoms with E-state index in [-0.39, 0.29) is 41.7 Å². The van der Waals surface area contributed by atoms with Crippen molar-refractivity contribution in [2.45, 2.75) is 84.4 Å². The highest BCUT2D eigenvalue weighted by atomic mass is 32.2. The van der Waals surface area contributed by atoms with Crippen LogP contribution in [0.1, 0.15) is 64.3 Å². The monoisotopic (exact) mass is 1050 g/mol. The van der Waals surface area contributed by atoms with Crippen LogP contribution < -0.4 is 25.0 Å². The van der Waals surface area contributed by atoms with Crippen LogP contribution in [-0.4, -0.2) is 177 Å². The molecule has 2 aliphatic rings. The number of carbonyl (C=O) groups excluding carboxylic acids is 2. The fraction of sp³-hybridized carbons (Fsp3) is 0.547. The standard InChI is InChI=1S/C27H40N4O4S.C13H22N4.C13H19NO5S/c1-20-16-26(35-6)17-21(2)27(20)36(33,34)29(5)11-9-25(32)8-7-10-30-12-14-31(15-13-30)24-18-22(3)28-23(4)19-24;1-11-9-13(10-12(2)15-11)17-7-5-16(4-3-14)6-8-17;1-10-7-12(18-4)8-11(2)13(10)20(16,17)14(3)5-6-19-9-15/h16-19H,7-15H2,1-6H3;9-10H,3-8,14H2,1-2H3;7-9H,5-6H2,1-4H3. The van der Waals surface area contributed by atoms with Gasteiger partial charge in [0.25, 0.3) is 6.47 Å². The number of nitrogens with two attached hydrogens (primary N) is 1. The largest absolute Gasteiger partial charge is 0.497 e. The van der Waals surface area contributed by atoms with E-state index in [1.54, 1.807) is 59.1 Å². The highest BCUT2D eigenvalue weighted by Crippen LogP contribution is 2.29. The molecule has 404 valence electrons. The Bertz CT molecular complexity index is 2590. The number of rotatable bonds is 21. The molecule has 0 amide bonds. The van der Waals surface area contributed by atoms with Gasteiger partial charge < -0.3 is 29.7 Å². The lowest BCUT2D eigenvalue weighted by molar-refractivity contribution is -0.128. The molecule has 2 N–H and O–H groups in total. The quantitative estimate of drug-likeness (QED) is 0.0822. The minimum absolute atomic E-state index is 0.0213. The first kappa shape index (κ1) is 60.3. The van der Waals surface area contributed by atoms with E-state index in [1.165, 1.54) is 36.9 Å². The van der Waals surface area contributed by atoms with E-state index in [2.05, 4.69) is 72.4 Å². The number of pyridine rings is 2. The van der Waals surface area contributed by atoms with Gasteiger partial charge in [0, 0.05) is 140 Å². The third-order valence-corrected chi connectivity index (χ3v) is 17.3. The lowest BCUT2D eigenvalue weighted by atomic mass is 10.1. The molecule has 18 nitrogen and oxygen atoms in total. The molecule has 4 heterocycles. The summed E-state index contributed by atoms with van der Waals surface area (Å²) in [6, 6.07) is 15.4. The smallest absolute Gasteiger partial charge is 0.293 e. The topological polar surface area (TPSA) is 201 Å². The van der Waals surface area contributed by atoms with Gasteiger partial charge in [0.1, 0.15) is 23.9 Å². The van der Waals surface area contributed by atoms with Gasteiger partial charge in [0.05, 0.1) is 24.0 Å². The predicted octanol–water partition coefficient (Wildman–Crippen LogP) is 5.39. The Morgan fingerprint density at radius 3 is 1.32 bits per heavy atom. The summed E-state index contributed by atoms with van der Waals surface area (Å²) in [6.07, 6.45) is 1.48. The maximum atomic E-state index is 13.1. The molecule has 0 radical (unpaired) electrons. The van der Waals surface area contributed by atoms with Gasteiger partial charge >= 0.3 is 0 Å². The maximum absolute atomic E-state index is 13.1. The van der Waals surface area contributed by atoms with Crippen LogP contribution in [-0.2, 0) is 34.4 Å². The number of anilines is 2. The Morgan fingerprint density at radius 2 is 0.959 bits per heavy atom.